The van der Waals surface area contributed by atoms with Crippen molar-refractivity contribution in [2.75, 3.05) is 20.2 Å². The van der Waals surface area contributed by atoms with Crippen molar-refractivity contribution < 1.29 is 9.53 Å². The van der Waals surface area contributed by atoms with Gasteiger partial charge in [-0.3, -0.25) is 9.48 Å². The number of carbonyl (C=O) groups is 1. The minimum atomic E-state index is -0.125. The van der Waals surface area contributed by atoms with Crippen molar-refractivity contribution in [3.63, 3.8) is 0 Å². The van der Waals surface area contributed by atoms with Crippen LogP contribution in [0.1, 0.15) is 29.8 Å². The maximum atomic E-state index is 12.9. The van der Waals surface area contributed by atoms with Gasteiger partial charge in [0, 0.05) is 24.3 Å². The normalized spacial score (nSPS) is 11.4. The molecular formula is C23H29ClN4O2. The van der Waals surface area contributed by atoms with Gasteiger partial charge in [-0.2, -0.15) is 5.10 Å². The van der Waals surface area contributed by atoms with Gasteiger partial charge in [-0.05, 0) is 43.3 Å². The lowest BCUT2D eigenvalue weighted by Gasteiger charge is -2.13. The van der Waals surface area contributed by atoms with E-state index < -0.39 is 0 Å². The van der Waals surface area contributed by atoms with Crippen LogP contribution in [0.3, 0.4) is 0 Å². The van der Waals surface area contributed by atoms with Gasteiger partial charge in [0.2, 0.25) is 0 Å². The van der Waals surface area contributed by atoms with Crippen LogP contribution in [0.5, 0.6) is 5.75 Å². The second kappa shape index (κ2) is 11.4. The minimum absolute atomic E-state index is 0. The van der Waals surface area contributed by atoms with Gasteiger partial charge in [0.15, 0.2) is 0 Å². The molecule has 3 aromatic rings. The number of aromatic nitrogens is 2. The number of hydrogen-bond acceptors (Lipinski definition) is 4. The molecule has 0 radical (unpaired) electrons. The Labute approximate surface area is 184 Å². The van der Waals surface area contributed by atoms with Crippen molar-refractivity contribution >= 4 is 18.3 Å². The first-order valence-corrected chi connectivity index (χ1v) is 9.88. The van der Waals surface area contributed by atoms with Crippen LogP contribution in [0.2, 0.25) is 0 Å². The second-order valence-electron chi connectivity index (χ2n) is 6.97. The van der Waals surface area contributed by atoms with E-state index in [0.29, 0.717) is 24.3 Å². The van der Waals surface area contributed by atoms with Crippen LogP contribution in [0, 0.1) is 0 Å². The third-order valence-electron chi connectivity index (χ3n) is 4.68. The summed E-state index contributed by atoms with van der Waals surface area (Å²) in [5.41, 5.74) is 3.23. The lowest BCUT2D eigenvalue weighted by Crippen LogP contribution is -2.38. The SMILES string of the molecule is CCN[C@H](C)CNC(=O)c1cn(Cc2ccccc2)nc1-c1ccc(OC)cc1.Cl. The standard InChI is InChI=1S/C23H28N4O2.ClH/c1-4-24-17(2)14-25-23(28)21-16-27(15-18-8-6-5-7-9-18)26-22(21)19-10-12-20(29-3)13-11-19;/h5-13,16-17,24H,4,14-15H2,1-3H3,(H,25,28);1H/t17-;/m1./s1. The van der Waals surface area contributed by atoms with Crippen LogP contribution < -0.4 is 15.4 Å². The number of methoxy groups -OCH3 is 1. The van der Waals surface area contributed by atoms with Crippen LogP contribution in [0.15, 0.2) is 60.8 Å². The van der Waals surface area contributed by atoms with Crippen LogP contribution in [0.25, 0.3) is 11.3 Å². The van der Waals surface area contributed by atoms with Gasteiger partial charge in [0.25, 0.3) is 5.91 Å². The molecule has 160 valence electrons. The third kappa shape index (κ3) is 6.08. The number of hydrogen-bond donors (Lipinski definition) is 2. The zero-order chi connectivity index (χ0) is 20.6. The summed E-state index contributed by atoms with van der Waals surface area (Å²) in [6, 6.07) is 17.9. The van der Waals surface area contributed by atoms with Gasteiger partial charge in [-0.25, -0.2) is 0 Å². The number of rotatable bonds is 9. The number of benzene rings is 2. The molecule has 0 spiro atoms. The molecule has 0 fully saturated rings. The van der Waals surface area contributed by atoms with E-state index in [4.69, 9.17) is 9.84 Å². The molecule has 7 heteroatoms. The van der Waals surface area contributed by atoms with Crippen LogP contribution in [0.4, 0.5) is 0 Å². The molecule has 2 aromatic carbocycles. The minimum Gasteiger partial charge on any atom is -0.497 e. The zero-order valence-corrected chi connectivity index (χ0v) is 18.4. The summed E-state index contributed by atoms with van der Waals surface area (Å²) < 4.78 is 7.06. The first-order chi connectivity index (χ1) is 14.1. The molecule has 1 amide bonds. The van der Waals surface area contributed by atoms with Crippen LogP contribution in [-0.2, 0) is 6.54 Å². The van der Waals surface area contributed by atoms with Gasteiger partial charge < -0.3 is 15.4 Å². The summed E-state index contributed by atoms with van der Waals surface area (Å²) in [7, 11) is 1.63. The van der Waals surface area contributed by atoms with Gasteiger partial charge in [-0.15, -0.1) is 12.4 Å². The highest BCUT2D eigenvalue weighted by Crippen LogP contribution is 2.25. The molecule has 1 aromatic heterocycles. The molecule has 0 bridgehead atoms. The molecule has 0 unspecified atom stereocenters. The maximum Gasteiger partial charge on any atom is 0.255 e. The fraction of sp³-hybridized carbons (Fsp3) is 0.304. The van der Waals surface area contributed by atoms with Gasteiger partial charge in [0.05, 0.1) is 19.2 Å². The number of nitrogens with zero attached hydrogens (tertiary/aromatic N) is 2. The summed E-state index contributed by atoms with van der Waals surface area (Å²) in [5.74, 6) is 0.641. The Bertz CT molecular complexity index is 926. The maximum absolute atomic E-state index is 12.9. The topological polar surface area (TPSA) is 68.2 Å². The number of likely N-dealkylation sites (N-methyl/N-ethyl adjacent to an activating group) is 1. The third-order valence-corrected chi connectivity index (χ3v) is 4.68. The molecule has 0 saturated carbocycles. The Hall–Kier alpha value is -2.83. The predicted octanol–water partition coefficient (Wildman–Crippen LogP) is 3.76. The summed E-state index contributed by atoms with van der Waals surface area (Å²) in [4.78, 5) is 12.9. The Balaban J connectivity index is 0.00000320. The summed E-state index contributed by atoms with van der Waals surface area (Å²) >= 11 is 0. The van der Waals surface area contributed by atoms with E-state index >= 15 is 0 Å². The van der Waals surface area contributed by atoms with Crippen LogP contribution >= 0.6 is 12.4 Å². The van der Waals surface area contributed by atoms with Crippen LogP contribution in [-0.4, -0.2) is 41.9 Å². The van der Waals surface area contributed by atoms with E-state index in [9.17, 15) is 4.79 Å². The van der Waals surface area contributed by atoms with E-state index in [2.05, 4.69) is 10.6 Å². The summed E-state index contributed by atoms with van der Waals surface area (Å²) in [6.07, 6.45) is 1.82. The molecule has 0 aliphatic carbocycles. The highest BCUT2D eigenvalue weighted by atomic mass is 35.5. The smallest absolute Gasteiger partial charge is 0.255 e. The predicted molar refractivity (Wildman–Crippen MR) is 122 cm³/mol. The average molecular weight is 429 g/mol. The monoisotopic (exact) mass is 428 g/mol. The number of ether oxygens (including phenoxy) is 1. The fourth-order valence-corrected chi connectivity index (χ4v) is 3.16. The van der Waals surface area contributed by atoms with E-state index in [1.807, 2.05) is 79.3 Å². The van der Waals surface area contributed by atoms with Crippen molar-refractivity contribution in [3.05, 3.63) is 71.9 Å². The Morgan fingerprint density at radius 3 is 2.47 bits per heavy atom. The highest BCUT2D eigenvalue weighted by molar-refractivity contribution is 5.99. The molecule has 2 N–H and O–H groups in total. The largest absolute Gasteiger partial charge is 0.497 e. The lowest BCUT2D eigenvalue weighted by atomic mass is 10.1. The summed E-state index contributed by atoms with van der Waals surface area (Å²) in [6.45, 7) is 6.12. The van der Waals surface area contributed by atoms with Gasteiger partial charge in [-0.1, -0.05) is 37.3 Å². The average Bonchev–Trinajstić information content (AvgIpc) is 3.17. The van der Waals surface area contributed by atoms with E-state index in [-0.39, 0.29) is 24.4 Å². The fourth-order valence-electron chi connectivity index (χ4n) is 3.16. The number of nitrogens with one attached hydrogen (secondary N) is 2. The number of carbonyl (C=O) groups excluding carboxylic acids is 1. The zero-order valence-electron chi connectivity index (χ0n) is 17.6. The lowest BCUT2D eigenvalue weighted by molar-refractivity contribution is 0.0950. The highest BCUT2D eigenvalue weighted by Gasteiger charge is 2.18. The van der Waals surface area contributed by atoms with Crippen molar-refractivity contribution in [2.45, 2.75) is 26.4 Å². The summed E-state index contributed by atoms with van der Waals surface area (Å²) in [5, 5.41) is 11.0. The first kappa shape index (κ1) is 23.4. The van der Waals surface area contributed by atoms with E-state index in [0.717, 1.165) is 23.4 Å². The molecule has 0 aliphatic heterocycles. The van der Waals surface area contributed by atoms with E-state index in [1.54, 1.807) is 7.11 Å². The van der Waals surface area contributed by atoms with Crippen molar-refractivity contribution in [2.24, 2.45) is 0 Å². The van der Waals surface area contributed by atoms with Gasteiger partial charge in [0.1, 0.15) is 11.4 Å². The molecule has 30 heavy (non-hydrogen) atoms. The molecule has 6 nitrogen and oxygen atoms in total. The second-order valence-corrected chi connectivity index (χ2v) is 6.97. The Kier molecular flexibility index (Phi) is 8.89. The quantitative estimate of drug-likeness (QED) is 0.544. The molecular weight excluding hydrogens is 400 g/mol. The molecule has 1 heterocycles. The molecule has 0 saturated heterocycles. The molecule has 3 rings (SSSR count). The van der Waals surface area contributed by atoms with E-state index in [1.165, 1.54) is 0 Å². The molecule has 0 aliphatic rings. The van der Waals surface area contributed by atoms with Crippen molar-refractivity contribution in [1.29, 1.82) is 0 Å². The molecule has 1 atom stereocenters. The van der Waals surface area contributed by atoms with Crippen molar-refractivity contribution in [1.82, 2.24) is 20.4 Å². The number of halogens is 1. The van der Waals surface area contributed by atoms with Crippen molar-refractivity contribution in [3.8, 4) is 17.0 Å². The Morgan fingerprint density at radius 1 is 1.13 bits per heavy atom. The number of amides is 1. The Morgan fingerprint density at radius 2 is 1.83 bits per heavy atom. The first-order valence-electron chi connectivity index (χ1n) is 9.88. The van der Waals surface area contributed by atoms with Gasteiger partial charge >= 0.3 is 0 Å².